The Balaban J connectivity index is 1.80. The van der Waals surface area contributed by atoms with E-state index < -0.39 is 0 Å². The van der Waals surface area contributed by atoms with Gasteiger partial charge in [0.05, 0.1) is 0 Å². The second-order valence-corrected chi connectivity index (χ2v) is 7.10. The van der Waals surface area contributed by atoms with Gasteiger partial charge >= 0.3 is 0 Å². The number of rotatable bonds is 0. The van der Waals surface area contributed by atoms with Crippen LogP contribution in [0.2, 0.25) is 0 Å². The molecule has 0 nitrogen and oxygen atoms in total. The fourth-order valence-electron chi connectivity index (χ4n) is 6.33. The molecule has 4 rings (SSSR count). The predicted octanol–water partition coefficient (Wildman–Crippen LogP) is 3.71. The lowest BCUT2D eigenvalue weighted by atomic mass is 9.71. The highest BCUT2D eigenvalue weighted by Crippen LogP contribution is 2.73. The van der Waals surface area contributed by atoms with Crippen molar-refractivity contribution in [2.75, 3.05) is 0 Å². The SMILES string of the molecule is CC1(C)C2CCC1C1C3CCC(C3)C12. The first-order valence-electron chi connectivity index (χ1n) is 6.69. The van der Waals surface area contributed by atoms with Crippen molar-refractivity contribution in [1.29, 1.82) is 0 Å². The molecule has 0 aromatic carbocycles. The summed E-state index contributed by atoms with van der Waals surface area (Å²) in [5.41, 5.74) is 0.719. The van der Waals surface area contributed by atoms with Gasteiger partial charge in [-0.3, -0.25) is 0 Å². The van der Waals surface area contributed by atoms with E-state index >= 15 is 0 Å². The Hall–Kier alpha value is 0. The average Bonchev–Trinajstić information content (AvgIpc) is 2.84. The molecule has 0 N–H and O–H groups in total. The molecule has 0 heterocycles. The van der Waals surface area contributed by atoms with Crippen LogP contribution in [-0.4, -0.2) is 0 Å². The van der Waals surface area contributed by atoms with Gasteiger partial charge in [0.2, 0.25) is 0 Å². The molecule has 4 fully saturated rings. The molecule has 4 bridgehead atoms. The second kappa shape index (κ2) is 2.23. The highest BCUT2D eigenvalue weighted by molar-refractivity contribution is 5.14. The molecule has 14 heavy (non-hydrogen) atoms. The van der Waals surface area contributed by atoms with Crippen molar-refractivity contribution in [1.82, 2.24) is 0 Å². The first kappa shape index (κ1) is 8.19. The average molecular weight is 190 g/mol. The van der Waals surface area contributed by atoms with E-state index in [1.165, 1.54) is 23.7 Å². The smallest absolute Gasteiger partial charge is 0.0292 e. The van der Waals surface area contributed by atoms with Crippen LogP contribution in [0.15, 0.2) is 0 Å². The Bertz CT molecular complexity index is 252. The van der Waals surface area contributed by atoms with Crippen LogP contribution in [0.4, 0.5) is 0 Å². The third-order valence-electron chi connectivity index (χ3n) is 6.68. The summed E-state index contributed by atoms with van der Waals surface area (Å²) in [5.74, 6) is 6.93. The van der Waals surface area contributed by atoms with Crippen LogP contribution in [0.1, 0.15) is 46.0 Å². The molecule has 4 aliphatic carbocycles. The van der Waals surface area contributed by atoms with E-state index in [-0.39, 0.29) is 0 Å². The summed E-state index contributed by atoms with van der Waals surface area (Å²) in [7, 11) is 0. The molecule has 0 amide bonds. The third kappa shape index (κ3) is 0.686. The zero-order chi connectivity index (χ0) is 9.50. The summed E-state index contributed by atoms with van der Waals surface area (Å²) >= 11 is 0. The maximum atomic E-state index is 2.58. The van der Waals surface area contributed by atoms with Crippen molar-refractivity contribution in [3.63, 3.8) is 0 Å². The summed E-state index contributed by atoms with van der Waals surface area (Å²) in [6, 6.07) is 0. The van der Waals surface area contributed by atoms with Gasteiger partial charge in [-0.05, 0) is 73.0 Å². The molecule has 4 saturated carbocycles. The summed E-state index contributed by atoms with van der Waals surface area (Å²) < 4.78 is 0. The zero-order valence-electron chi connectivity index (χ0n) is 9.50. The Morgan fingerprint density at radius 1 is 0.786 bits per heavy atom. The van der Waals surface area contributed by atoms with Crippen molar-refractivity contribution < 1.29 is 0 Å². The van der Waals surface area contributed by atoms with Crippen LogP contribution in [0.3, 0.4) is 0 Å². The molecule has 0 aromatic heterocycles. The van der Waals surface area contributed by atoms with Crippen LogP contribution in [0.5, 0.6) is 0 Å². The molecular weight excluding hydrogens is 168 g/mol. The molecule has 6 unspecified atom stereocenters. The molecule has 4 aliphatic rings. The monoisotopic (exact) mass is 190 g/mol. The summed E-state index contributed by atoms with van der Waals surface area (Å²) in [6.45, 7) is 5.15. The van der Waals surface area contributed by atoms with Gasteiger partial charge in [0, 0.05) is 0 Å². The molecule has 0 aliphatic heterocycles. The molecule has 0 saturated heterocycles. The van der Waals surface area contributed by atoms with Crippen molar-refractivity contribution in [3.8, 4) is 0 Å². The van der Waals surface area contributed by atoms with Crippen LogP contribution >= 0.6 is 0 Å². The second-order valence-electron chi connectivity index (χ2n) is 7.10. The normalized spacial score (nSPS) is 62.1. The third-order valence-corrected chi connectivity index (χ3v) is 6.68. The predicted molar refractivity (Wildman–Crippen MR) is 57.8 cm³/mol. The van der Waals surface area contributed by atoms with Crippen LogP contribution < -0.4 is 0 Å². The Morgan fingerprint density at radius 3 is 1.79 bits per heavy atom. The van der Waals surface area contributed by atoms with E-state index in [0.29, 0.717) is 0 Å². The van der Waals surface area contributed by atoms with Crippen molar-refractivity contribution in [3.05, 3.63) is 0 Å². The van der Waals surface area contributed by atoms with Gasteiger partial charge in [-0.15, -0.1) is 0 Å². The Morgan fingerprint density at radius 2 is 1.29 bits per heavy atom. The molecule has 0 spiro atoms. The van der Waals surface area contributed by atoms with Gasteiger partial charge in [0.25, 0.3) is 0 Å². The molecule has 0 radical (unpaired) electrons. The molecule has 0 heteroatoms. The number of hydrogen-bond donors (Lipinski definition) is 0. The van der Waals surface area contributed by atoms with Gasteiger partial charge in [0.1, 0.15) is 0 Å². The molecule has 6 atom stereocenters. The summed E-state index contributed by atoms with van der Waals surface area (Å²) in [6.07, 6.45) is 7.94. The molecule has 0 aromatic rings. The van der Waals surface area contributed by atoms with Crippen LogP contribution in [0.25, 0.3) is 0 Å². The Labute approximate surface area is 87.5 Å². The van der Waals surface area contributed by atoms with Gasteiger partial charge < -0.3 is 0 Å². The van der Waals surface area contributed by atoms with Crippen LogP contribution in [0, 0.1) is 40.9 Å². The first-order valence-corrected chi connectivity index (χ1v) is 6.69. The highest BCUT2D eigenvalue weighted by atomic mass is 14.7. The minimum absolute atomic E-state index is 0.719. The topological polar surface area (TPSA) is 0 Å². The molecular formula is C14H22. The number of fused-ring (bicyclic) bond motifs is 9. The fraction of sp³-hybridized carbons (Fsp3) is 1.00. The first-order chi connectivity index (χ1) is 6.69. The van der Waals surface area contributed by atoms with E-state index in [9.17, 15) is 0 Å². The fourth-order valence-corrected chi connectivity index (χ4v) is 6.33. The molecule has 78 valence electrons. The lowest BCUT2D eigenvalue weighted by Gasteiger charge is -2.34. The lowest BCUT2D eigenvalue weighted by molar-refractivity contribution is 0.146. The summed E-state index contributed by atoms with van der Waals surface area (Å²) in [5, 5.41) is 0. The van der Waals surface area contributed by atoms with Gasteiger partial charge in [0.15, 0.2) is 0 Å². The van der Waals surface area contributed by atoms with Crippen molar-refractivity contribution in [2.24, 2.45) is 40.9 Å². The van der Waals surface area contributed by atoms with E-state index in [1.54, 1.807) is 32.1 Å². The quantitative estimate of drug-likeness (QED) is 0.511. The standard InChI is InChI=1S/C14H22/c1-14(2)10-5-6-11(14)13-9-4-3-8(7-9)12(10)13/h8-13H,3-7H2,1-2H3. The lowest BCUT2D eigenvalue weighted by Crippen LogP contribution is -2.27. The summed E-state index contributed by atoms with van der Waals surface area (Å²) in [4.78, 5) is 0. The zero-order valence-corrected chi connectivity index (χ0v) is 9.50. The maximum Gasteiger partial charge on any atom is -0.0292 e. The minimum Gasteiger partial charge on any atom is -0.0594 e. The van der Waals surface area contributed by atoms with Gasteiger partial charge in [-0.2, -0.15) is 0 Å². The van der Waals surface area contributed by atoms with Crippen molar-refractivity contribution >= 4 is 0 Å². The largest absolute Gasteiger partial charge is 0.0594 e. The van der Waals surface area contributed by atoms with E-state index in [1.807, 2.05) is 0 Å². The highest BCUT2D eigenvalue weighted by Gasteiger charge is 2.66. The van der Waals surface area contributed by atoms with E-state index in [4.69, 9.17) is 0 Å². The minimum atomic E-state index is 0.719. The van der Waals surface area contributed by atoms with Gasteiger partial charge in [-0.1, -0.05) is 13.8 Å². The van der Waals surface area contributed by atoms with Crippen molar-refractivity contribution in [2.45, 2.75) is 46.0 Å². The van der Waals surface area contributed by atoms with E-state index in [0.717, 1.165) is 17.3 Å². The van der Waals surface area contributed by atoms with Gasteiger partial charge in [-0.25, -0.2) is 0 Å². The van der Waals surface area contributed by atoms with E-state index in [2.05, 4.69) is 13.8 Å². The maximum absolute atomic E-state index is 2.58. The van der Waals surface area contributed by atoms with Crippen LogP contribution in [-0.2, 0) is 0 Å². The number of hydrogen-bond acceptors (Lipinski definition) is 0. The Kier molecular flexibility index (Phi) is 1.30.